The number of sulfonamides is 1. The van der Waals surface area contributed by atoms with Crippen LogP contribution in [0.4, 0.5) is 5.82 Å². The molecule has 0 radical (unpaired) electrons. The van der Waals surface area contributed by atoms with Crippen molar-refractivity contribution in [2.75, 3.05) is 18.8 Å². The number of rotatable bonds is 3. The molecule has 106 valence electrons. The minimum atomic E-state index is -3.51. The SMILES string of the molecule is CC(C)C1CCN(S(=O)(=O)c2cnc(N)c(Cl)c2)C1. The monoisotopic (exact) mass is 303 g/mol. The van der Waals surface area contributed by atoms with Gasteiger partial charge in [0.1, 0.15) is 10.7 Å². The maximum atomic E-state index is 12.5. The van der Waals surface area contributed by atoms with E-state index in [-0.39, 0.29) is 15.7 Å². The number of pyridine rings is 1. The maximum absolute atomic E-state index is 12.5. The third-order valence-electron chi connectivity index (χ3n) is 3.61. The fourth-order valence-electron chi connectivity index (χ4n) is 2.24. The number of nitrogens with two attached hydrogens (primary N) is 1. The van der Waals surface area contributed by atoms with Crippen LogP contribution in [0.15, 0.2) is 17.2 Å². The number of hydrogen-bond donors (Lipinski definition) is 1. The third-order valence-corrected chi connectivity index (χ3v) is 5.75. The van der Waals surface area contributed by atoms with E-state index in [1.54, 1.807) is 0 Å². The summed E-state index contributed by atoms with van der Waals surface area (Å²) in [6.07, 6.45) is 2.16. The van der Waals surface area contributed by atoms with E-state index in [1.165, 1.54) is 16.6 Å². The molecule has 1 aromatic heterocycles. The summed E-state index contributed by atoms with van der Waals surface area (Å²) in [6, 6.07) is 1.36. The van der Waals surface area contributed by atoms with Crippen LogP contribution in [-0.4, -0.2) is 30.8 Å². The normalized spacial score (nSPS) is 21.2. The Labute approximate surface area is 118 Å². The standard InChI is InChI=1S/C12H18ClN3O2S/c1-8(2)9-3-4-16(7-9)19(17,18)10-5-11(13)12(14)15-6-10/h5-6,8-9H,3-4,7H2,1-2H3,(H2,14,15). The van der Waals surface area contributed by atoms with E-state index < -0.39 is 10.0 Å². The molecule has 0 aromatic carbocycles. The molecule has 1 aliphatic heterocycles. The molecule has 1 saturated heterocycles. The molecule has 1 fully saturated rings. The molecule has 1 atom stereocenters. The average Bonchev–Trinajstić information content (AvgIpc) is 2.82. The largest absolute Gasteiger partial charge is 0.382 e. The predicted octanol–water partition coefficient (Wildman–Crippen LogP) is 1.98. The van der Waals surface area contributed by atoms with Crippen LogP contribution in [0.2, 0.25) is 5.02 Å². The van der Waals surface area contributed by atoms with Gasteiger partial charge in [0.15, 0.2) is 0 Å². The smallest absolute Gasteiger partial charge is 0.244 e. The van der Waals surface area contributed by atoms with Crippen LogP contribution < -0.4 is 5.73 Å². The lowest BCUT2D eigenvalue weighted by Crippen LogP contribution is -2.29. The highest BCUT2D eigenvalue weighted by Crippen LogP contribution is 2.29. The Hall–Kier alpha value is -0.850. The summed E-state index contributed by atoms with van der Waals surface area (Å²) in [6.45, 7) is 5.33. The van der Waals surface area contributed by atoms with Crippen molar-refractivity contribution in [1.82, 2.24) is 9.29 Å². The lowest BCUT2D eigenvalue weighted by molar-refractivity contribution is 0.388. The fourth-order valence-corrected chi connectivity index (χ4v) is 3.95. The summed E-state index contributed by atoms with van der Waals surface area (Å²) < 4.78 is 26.4. The Bertz CT molecular complexity index is 574. The summed E-state index contributed by atoms with van der Waals surface area (Å²) in [5, 5.41) is 0.167. The second-order valence-corrected chi connectivity index (χ2v) is 7.54. The van der Waals surface area contributed by atoms with E-state index in [0.717, 1.165) is 6.42 Å². The zero-order valence-corrected chi connectivity index (χ0v) is 12.6. The van der Waals surface area contributed by atoms with Crippen molar-refractivity contribution in [2.24, 2.45) is 11.8 Å². The number of hydrogen-bond acceptors (Lipinski definition) is 4. The van der Waals surface area contributed by atoms with Crippen molar-refractivity contribution in [3.8, 4) is 0 Å². The summed E-state index contributed by atoms with van der Waals surface area (Å²) in [7, 11) is -3.51. The summed E-state index contributed by atoms with van der Waals surface area (Å²) in [4.78, 5) is 3.92. The molecular formula is C12H18ClN3O2S. The molecule has 7 heteroatoms. The van der Waals surface area contributed by atoms with Gasteiger partial charge in [-0.2, -0.15) is 4.31 Å². The van der Waals surface area contributed by atoms with Crippen LogP contribution >= 0.6 is 11.6 Å². The molecule has 0 amide bonds. The molecule has 2 rings (SSSR count). The van der Waals surface area contributed by atoms with Gasteiger partial charge in [-0.25, -0.2) is 13.4 Å². The molecule has 0 saturated carbocycles. The van der Waals surface area contributed by atoms with Gasteiger partial charge in [0.05, 0.1) is 5.02 Å². The van der Waals surface area contributed by atoms with Gasteiger partial charge in [0, 0.05) is 19.3 Å². The molecule has 2 heterocycles. The Kier molecular flexibility index (Phi) is 4.03. The molecule has 1 aliphatic rings. The first kappa shape index (κ1) is 14.6. The molecular weight excluding hydrogens is 286 g/mol. The van der Waals surface area contributed by atoms with Gasteiger partial charge in [-0.05, 0) is 24.3 Å². The van der Waals surface area contributed by atoms with Gasteiger partial charge in [-0.3, -0.25) is 0 Å². The Morgan fingerprint density at radius 1 is 1.53 bits per heavy atom. The first-order valence-electron chi connectivity index (χ1n) is 6.23. The molecule has 1 unspecified atom stereocenters. The van der Waals surface area contributed by atoms with E-state index >= 15 is 0 Å². The topological polar surface area (TPSA) is 76.3 Å². The molecule has 0 spiro atoms. The molecule has 0 aliphatic carbocycles. The van der Waals surface area contributed by atoms with E-state index in [4.69, 9.17) is 17.3 Å². The number of anilines is 1. The van der Waals surface area contributed by atoms with Gasteiger partial charge in [0.25, 0.3) is 0 Å². The Balaban J connectivity index is 2.26. The Morgan fingerprint density at radius 3 is 2.74 bits per heavy atom. The maximum Gasteiger partial charge on any atom is 0.244 e. The highest BCUT2D eigenvalue weighted by Gasteiger charge is 2.34. The fraction of sp³-hybridized carbons (Fsp3) is 0.583. The minimum absolute atomic E-state index is 0.108. The van der Waals surface area contributed by atoms with Crippen molar-refractivity contribution in [3.05, 3.63) is 17.3 Å². The van der Waals surface area contributed by atoms with Crippen LogP contribution in [0.3, 0.4) is 0 Å². The minimum Gasteiger partial charge on any atom is -0.382 e. The average molecular weight is 304 g/mol. The van der Waals surface area contributed by atoms with Crippen LogP contribution in [-0.2, 0) is 10.0 Å². The summed E-state index contributed by atoms with van der Waals surface area (Å²) >= 11 is 5.84. The van der Waals surface area contributed by atoms with Crippen LogP contribution in [0, 0.1) is 11.8 Å². The second kappa shape index (κ2) is 5.26. The van der Waals surface area contributed by atoms with Crippen molar-refractivity contribution >= 4 is 27.4 Å². The van der Waals surface area contributed by atoms with E-state index in [9.17, 15) is 8.42 Å². The third kappa shape index (κ3) is 2.85. The van der Waals surface area contributed by atoms with Crippen molar-refractivity contribution in [2.45, 2.75) is 25.2 Å². The van der Waals surface area contributed by atoms with Crippen molar-refractivity contribution < 1.29 is 8.42 Å². The quantitative estimate of drug-likeness (QED) is 0.926. The zero-order valence-electron chi connectivity index (χ0n) is 11.0. The van der Waals surface area contributed by atoms with Gasteiger partial charge in [-0.1, -0.05) is 25.4 Å². The molecule has 0 bridgehead atoms. The lowest BCUT2D eigenvalue weighted by Gasteiger charge is -2.18. The van der Waals surface area contributed by atoms with Gasteiger partial charge in [0.2, 0.25) is 10.0 Å². The molecule has 1 aromatic rings. The van der Waals surface area contributed by atoms with E-state index in [2.05, 4.69) is 18.8 Å². The highest BCUT2D eigenvalue weighted by atomic mass is 35.5. The second-order valence-electron chi connectivity index (χ2n) is 5.19. The molecule has 19 heavy (non-hydrogen) atoms. The zero-order chi connectivity index (χ0) is 14.2. The first-order valence-corrected chi connectivity index (χ1v) is 8.05. The first-order chi connectivity index (χ1) is 8.82. The van der Waals surface area contributed by atoms with Crippen LogP contribution in [0.5, 0.6) is 0 Å². The van der Waals surface area contributed by atoms with Gasteiger partial charge < -0.3 is 5.73 Å². The van der Waals surface area contributed by atoms with Crippen LogP contribution in [0.25, 0.3) is 0 Å². The van der Waals surface area contributed by atoms with Gasteiger partial charge in [-0.15, -0.1) is 0 Å². The van der Waals surface area contributed by atoms with E-state index in [0.29, 0.717) is 24.9 Å². The number of aromatic nitrogens is 1. The van der Waals surface area contributed by atoms with E-state index in [1.807, 2.05) is 0 Å². The van der Waals surface area contributed by atoms with Gasteiger partial charge >= 0.3 is 0 Å². The molecule has 5 nitrogen and oxygen atoms in total. The Morgan fingerprint density at radius 2 is 2.21 bits per heavy atom. The lowest BCUT2D eigenvalue weighted by atomic mass is 9.96. The molecule has 2 N–H and O–H groups in total. The van der Waals surface area contributed by atoms with Crippen LogP contribution in [0.1, 0.15) is 20.3 Å². The number of halogens is 1. The predicted molar refractivity (Wildman–Crippen MR) is 75.4 cm³/mol. The number of nitrogen functional groups attached to an aromatic ring is 1. The van der Waals surface area contributed by atoms with Crippen molar-refractivity contribution in [1.29, 1.82) is 0 Å². The summed E-state index contributed by atoms with van der Waals surface area (Å²) in [5.74, 6) is 1.03. The van der Waals surface area contributed by atoms with Crippen molar-refractivity contribution in [3.63, 3.8) is 0 Å². The number of nitrogens with zero attached hydrogens (tertiary/aromatic N) is 2. The highest BCUT2D eigenvalue weighted by molar-refractivity contribution is 7.89. The summed E-state index contributed by atoms with van der Waals surface area (Å²) in [5.41, 5.74) is 5.50.